The molecule has 7 heteroatoms. The second-order valence-electron chi connectivity index (χ2n) is 5.38. The highest BCUT2D eigenvalue weighted by Gasteiger charge is 2.14. The van der Waals surface area contributed by atoms with Gasteiger partial charge in [-0.15, -0.1) is 5.10 Å². The van der Waals surface area contributed by atoms with Gasteiger partial charge in [0.25, 0.3) is 0 Å². The van der Waals surface area contributed by atoms with Crippen LogP contribution in [-0.2, 0) is 0 Å². The summed E-state index contributed by atoms with van der Waals surface area (Å²) in [7, 11) is 3.23. The fourth-order valence-electron chi connectivity index (χ4n) is 2.64. The number of rotatable bonds is 5. The summed E-state index contributed by atoms with van der Waals surface area (Å²) in [5, 5.41) is 11.4. The van der Waals surface area contributed by atoms with Gasteiger partial charge in [-0.3, -0.25) is 0 Å². The van der Waals surface area contributed by atoms with E-state index in [1.807, 2.05) is 18.2 Å². The van der Waals surface area contributed by atoms with E-state index in [9.17, 15) is 0 Å². The first-order valence-corrected chi connectivity index (χ1v) is 7.74. The summed E-state index contributed by atoms with van der Waals surface area (Å²) in [4.78, 5) is 6.74. The van der Waals surface area contributed by atoms with E-state index in [-0.39, 0.29) is 0 Å². The normalized spacial score (nSPS) is 14.4. The lowest BCUT2D eigenvalue weighted by molar-refractivity contribution is 0.355. The van der Waals surface area contributed by atoms with E-state index in [1.165, 1.54) is 19.3 Å². The number of nitrogens with one attached hydrogen (secondary N) is 1. The topological polar surface area (TPSA) is 72.4 Å². The molecule has 1 aromatic heterocycles. The minimum atomic E-state index is 0.660. The molecule has 3 rings (SSSR count). The minimum Gasteiger partial charge on any atom is -0.493 e. The van der Waals surface area contributed by atoms with Gasteiger partial charge < -0.3 is 19.7 Å². The summed E-state index contributed by atoms with van der Waals surface area (Å²) >= 11 is 0. The van der Waals surface area contributed by atoms with Crippen molar-refractivity contribution >= 4 is 17.5 Å². The van der Waals surface area contributed by atoms with E-state index in [2.05, 4.69) is 25.4 Å². The number of hydrogen-bond acceptors (Lipinski definition) is 7. The van der Waals surface area contributed by atoms with Crippen LogP contribution in [0.3, 0.4) is 0 Å². The Hall–Kier alpha value is -2.57. The van der Waals surface area contributed by atoms with Crippen LogP contribution in [0.5, 0.6) is 11.5 Å². The van der Waals surface area contributed by atoms with Crippen LogP contribution >= 0.6 is 0 Å². The van der Waals surface area contributed by atoms with Gasteiger partial charge in [0, 0.05) is 24.8 Å². The highest BCUT2D eigenvalue weighted by molar-refractivity contribution is 5.61. The van der Waals surface area contributed by atoms with Gasteiger partial charge in [0.15, 0.2) is 17.3 Å². The molecule has 1 aliphatic rings. The van der Waals surface area contributed by atoms with Crippen LogP contribution in [0.4, 0.5) is 17.5 Å². The Morgan fingerprint density at radius 2 is 1.83 bits per heavy atom. The van der Waals surface area contributed by atoms with Crippen molar-refractivity contribution < 1.29 is 9.47 Å². The van der Waals surface area contributed by atoms with E-state index in [1.54, 1.807) is 20.4 Å². The van der Waals surface area contributed by atoms with Crippen molar-refractivity contribution in [3.05, 3.63) is 24.4 Å². The number of hydrogen-bond donors (Lipinski definition) is 1. The van der Waals surface area contributed by atoms with Gasteiger partial charge in [-0.05, 0) is 31.4 Å². The number of piperidine rings is 1. The van der Waals surface area contributed by atoms with Gasteiger partial charge in [-0.1, -0.05) is 0 Å². The first-order chi connectivity index (χ1) is 11.3. The third-order valence-electron chi connectivity index (χ3n) is 3.84. The van der Waals surface area contributed by atoms with E-state index in [4.69, 9.17) is 9.47 Å². The van der Waals surface area contributed by atoms with Gasteiger partial charge in [-0.25, -0.2) is 0 Å². The maximum atomic E-state index is 5.31. The van der Waals surface area contributed by atoms with E-state index >= 15 is 0 Å². The summed E-state index contributed by atoms with van der Waals surface area (Å²) in [5.74, 6) is 2.69. The minimum absolute atomic E-state index is 0.660. The van der Waals surface area contributed by atoms with E-state index in [0.717, 1.165) is 18.8 Å². The number of nitrogens with zero attached hydrogens (tertiary/aromatic N) is 4. The molecule has 1 aliphatic heterocycles. The monoisotopic (exact) mass is 315 g/mol. The van der Waals surface area contributed by atoms with Crippen LogP contribution in [-0.4, -0.2) is 42.5 Å². The molecule has 0 atom stereocenters. The Morgan fingerprint density at radius 1 is 1.04 bits per heavy atom. The van der Waals surface area contributed by atoms with Gasteiger partial charge in [0.1, 0.15) is 0 Å². The number of aromatic nitrogens is 3. The van der Waals surface area contributed by atoms with Gasteiger partial charge in [0.2, 0.25) is 5.95 Å². The van der Waals surface area contributed by atoms with Crippen molar-refractivity contribution in [2.24, 2.45) is 0 Å². The Morgan fingerprint density at radius 3 is 2.57 bits per heavy atom. The van der Waals surface area contributed by atoms with E-state index < -0.39 is 0 Å². The molecule has 0 radical (unpaired) electrons. The van der Waals surface area contributed by atoms with Crippen LogP contribution < -0.4 is 19.7 Å². The number of anilines is 3. The Bertz CT molecular complexity index is 659. The SMILES string of the molecule is COc1ccc(Nc2cnnc(N3CCCCC3)n2)cc1OC. The van der Waals surface area contributed by atoms with Crippen molar-refractivity contribution in [1.29, 1.82) is 0 Å². The maximum absolute atomic E-state index is 5.31. The first-order valence-electron chi connectivity index (χ1n) is 7.74. The van der Waals surface area contributed by atoms with Crippen LogP contribution in [0.25, 0.3) is 0 Å². The fourth-order valence-corrected chi connectivity index (χ4v) is 2.64. The number of benzene rings is 1. The summed E-state index contributed by atoms with van der Waals surface area (Å²) in [5.41, 5.74) is 0.854. The zero-order valence-electron chi connectivity index (χ0n) is 13.5. The summed E-state index contributed by atoms with van der Waals surface area (Å²) in [6.07, 6.45) is 5.24. The zero-order valence-corrected chi connectivity index (χ0v) is 13.5. The molecule has 1 aromatic carbocycles. The lowest BCUT2D eigenvalue weighted by Gasteiger charge is -2.26. The Balaban J connectivity index is 1.77. The summed E-state index contributed by atoms with van der Waals surface area (Å²) < 4.78 is 10.6. The summed E-state index contributed by atoms with van der Waals surface area (Å²) in [6.45, 7) is 1.98. The average molecular weight is 315 g/mol. The molecule has 0 bridgehead atoms. The summed E-state index contributed by atoms with van der Waals surface area (Å²) in [6, 6.07) is 5.62. The maximum Gasteiger partial charge on any atom is 0.247 e. The van der Waals surface area contributed by atoms with Crippen molar-refractivity contribution in [3.63, 3.8) is 0 Å². The predicted octanol–water partition coefficient (Wildman–Crippen LogP) is 2.62. The molecule has 122 valence electrons. The Labute approximate surface area is 135 Å². The fraction of sp³-hybridized carbons (Fsp3) is 0.438. The highest BCUT2D eigenvalue weighted by Crippen LogP contribution is 2.30. The molecule has 0 amide bonds. The third-order valence-corrected chi connectivity index (χ3v) is 3.84. The molecule has 1 saturated heterocycles. The molecule has 1 N–H and O–H groups in total. The first kappa shape index (κ1) is 15.3. The van der Waals surface area contributed by atoms with Crippen LogP contribution in [0.1, 0.15) is 19.3 Å². The molecular formula is C16H21N5O2. The molecule has 2 aromatic rings. The molecule has 0 unspecified atom stereocenters. The molecular weight excluding hydrogens is 294 g/mol. The van der Waals surface area contributed by atoms with Gasteiger partial charge >= 0.3 is 0 Å². The zero-order chi connectivity index (χ0) is 16.1. The second kappa shape index (κ2) is 7.13. The van der Waals surface area contributed by atoms with Gasteiger partial charge in [0.05, 0.1) is 20.4 Å². The molecule has 0 aliphatic carbocycles. The van der Waals surface area contributed by atoms with Crippen molar-refractivity contribution in [1.82, 2.24) is 15.2 Å². The van der Waals surface area contributed by atoms with Crippen molar-refractivity contribution in [2.45, 2.75) is 19.3 Å². The smallest absolute Gasteiger partial charge is 0.247 e. The quantitative estimate of drug-likeness (QED) is 0.909. The van der Waals surface area contributed by atoms with E-state index in [0.29, 0.717) is 23.3 Å². The van der Waals surface area contributed by atoms with Gasteiger partial charge in [-0.2, -0.15) is 10.1 Å². The predicted molar refractivity (Wildman–Crippen MR) is 88.7 cm³/mol. The molecule has 23 heavy (non-hydrogen) atoms. The standard InChI is InChI=1S/C16H21N5O2/c1-22-13-7-6-12(10-14(13)23-2)18-15-11-17-20-16(19-15)21-8-4-3-5-9-21/h6-7,10-11H,3-5,8-9H2,1-2H3,(H,18,19,20). The number of methoxy groups -OCH3 is 2. The van der Waals surface area contributed by atoms with Crippen LogP contribution in [0.15, 0.2) is 24.4 Å². The molecule has 1 fully saturated rings. The Kier molecular flexibility index (Phi) is 4.75. The molecule has 2 heterocycles. The molecule has 0 saturated carbocycles. The number of ether oxygens (including phenoxy) is 2. The van der Waals surface area contributed by atoms with Crippen LogP contribution in [0, 0.1) is 0 Å². The highest BCUT2D eigenvalue weighted by atomic mass is 16.5. The molecule has 7 nitrogen and oxygen atoms in total. The third kappa shape index (κ3) is 3.61. The lowest BCUT2D eigenvalue weighted by Crippen LogP contribution is -2.31. The van der Waals surface area contributed by atoms with Crippen molar-refractivity contribution in [2.75, 3.05) is 37.5 Å². The lowest BCUT2D eigenvalue weighted by atomic mass is 10.1. The largest absolute Gasteiger partial charge is 0.493 e. The van der Waals surface area contributed by atoms with Crippen molar-refractivity contribution in [3.8, 4) is 11.5 Å². The average Bonchev–Trinajstić information content (AvgIpc) is 2.62. The van der Waals surface area contributed by atoms with Crippen LogP contribution in [0.2, 0.25) is 0 Å². The second-order valence-corrected chi connectivity index (χ2v) is 5.38. The molecule has 0 spiro atoms.